The van der Waals surface area contributed by atoms with Crippen LogP contribution in [0.4, 0.5) is 0 Å². The molecule has 2 aromatic rings. The maximum atomic E-state index is 2.44. The van der Waals surface area contributed by atoms with E-state index in [-0.39, 0.29) is 28.1 Å². The third kappa shape index (κ3) is 2.84. The number of fused-ring (bicyclic) bond motifs is 1. The van der Waals surface area contributed by atoms with Gasteiger partial charge < -0.3 is 0 Å². The Morgan fingerprint density at radius 2 is 1.77 bits per heavy atom. The van der Waals surface area contributed by atoms with Gasteiger partial charge in [0.25, 0.3) is 0 Å². The largest absolute Gasteiger partial charge is 0.147 e. The standard InChI is InChI=1S/C13H10N.C5H5.2ClH.Hf/c1-2-6-12-11(5-1)7-8-13(12)14-9-3-4-10-14;1-2-4-5-3-1;;;/h1-10H;1-3H,4H2;2*1H;. The molecule has 4 heteroatoms. The Morgan fingerprint density at radius 1 is 1.00 bits per heavy atom. The van der Waals surface area contributed by atoms with E-state index >= 15 is 0 Å². The average Bonchev–Trinajstić information content (AvgIpc) is 3.20. The van der Waals surface area contributed by atoms with Gasteiger partial charge in [-0.3, -0.25) is 0 Å². The van der Waals surface area contributed by atoms with Gasteiger partial charge in [0.15, 0.2) is 0 Å². The van der Waals surface area contributed by atoms with Crippen LogP contribution in [-0.4, -0.2) is 4.57 Å². The number of benzene rings is 1. The van der Waals surface area contributed by atoms with Crippen LogP contribution in [0, 0.1) is 0 Å². The fraction of sp³-hybridized carbons (Fsp3) is 0.111. The van der Waals surface area contributed by atoms with E-state index < -0.39 is 22.9 Å². The first-order valence-electron chi connectivity index (χ1n) is 6.95. The minimum absolute atomic E-state index is 0. The van der Waals surface area contributed by atoms with E-state index in [1.165, 1.54) is 17.5 Å². The Bertz CT molecular complexity index is 731. The summed E-state index contributed by atoms with van der Waals surface area (Å²) >= 11 is -1.04. The molecule has 0 amide bonds. The van der Waals surface area contributed by atoms with Crippen molar-refractivity contribution in [3.8, 4) is 0 Å². The summed E-state index contributed by atoms with van der Waals surface area (Å²) in [6.07, 6.45) is 17.2. The van der Waals surface area contributed by atoms with Gasteiger partial charge in [-0.15, -0.1) is 24.8 Å². The van der Waals surface area contributed by atoms with Gasteiger partial charge in [-0.1, -0.05) is 0 Å². The molecule has 0 radical (unpaired) electrons. The second-order valence-corrected chi connectivity index (χ2v) is 11.2. The zero-order chi connectivity index (χ0) is 13.4. The van der Waals surface area contributed by atoms with Crippen LogP contribution in [0.15, 0.2) is 76.4 Å². The molecule has 1 aromatic carbocycles. The molecule has 0 spiro atoms. The Labute approximate surface area is 155 Å². The monoisotopic (exact) mass is 497 g/mol. The van der Waals surface area contributed by atoms with Crippen molar-refractivity contribution < 1.29 is 22.9 Å². The van der Waals surface area contributed by atoms with E-state index in [1.54, 1.807) is 3.33 Å². The van der Waals surface area contributed by atoms with Crippen molar-refractivity contribution >= 4 is 30.9 Å². The van der Waals surface area contributed by atoms with Gasteiger partial charge in [0.05, 0.1) is 0 Å². The number of rotatable bonds is 3. The quantitative estimate of drug-likeness (QED) is 0.528. The summed E-state index contributed by atoms with van der Waals surface area (Å²) in [6, 6.07) is 13.1. The third-order valence-corrected chi connectivity index (χ3v) is 10.4. The number of hydrogen-bond acceptors (Lipinski definition) is 0. The summed E-state index contributed by atoms with van der Waals surface area (Å²) < 4.78 is 4.26. The van der Waals surface area contributed by atoms with Crippen molar-refractivity contribution in [2.45, 2.75) is 9.72 Å². The van der Waals surface area contributed by atoms with Crippen molar-refractivity contribution in [1.82, 2.24) is 4.57 Å². The van der Waals surface area contributed by atoms with Gasteiger partial charge in [-0.05, 0) is 0 Å². The minimum atomic E-state index is -1.04. The number of aromatic nitrogens is 1. The van der Waals surface area contributed by atoms with Crippen molar-refractivity contribution in [2.24, 2.45) is 0 Å². The molecule has 1 atom stereocenters. The molecule has 0 N–H and O–H groups in total. The van der Waals surface area contributed by atoms with E-state index in [9.17, 15) is 0 Å². The van der Waals surface area contributed by atoms with Crippen molar-refractivity contribution in [2.75, 3.05) is 0 Å². The van der Waals surface area contributed by atoms with E-state index in [4.69, 9.17) is 0 Å². The summed E-state index contributed by atoms with van der Waals surface area (Å²) in [5.41, 5.74) is 2.88. The van der Waals surface area contributed by atoms with E-state index in [0.717, 1.165) is 0 Å². The zero-order valence-electron chi connectivity index (χ0n) is 12.0. The molecule has 1 aromatic heterocycles. The molecule has 22 heavy (non-hydrogen) atoms. The zero-order valence-corrected chi connectivity index (χ0v) is 17.2. The Hall–Kier alpha value is -0.830. The van der Waals surface area contributed by atoms with Crippen molar-refractivity contribution in [3.63, 3.8) is 0 Å². The molecule has 2 aliphatic carbocycles. The van der Waals surface area contributed by atoms with Crippen molar-refractivity contribution in [1.29, 1.82) is 0 Å². The minimum Gasteiger partial charge on any atom is -0.147 e. The summed E-state index contributed by atoms with van der Waals surface area (Å²) in [5.74, 6) is 0. The molecular weight excluding hydrogens is 480 g/mol. The first-order chi connectivity index (χ1) is 9.88. The number of nitrogens with zero attached hydrogens (tertiary/aromatic N) is 1. The molecule has 0 saturated carbocycles. The molecular formula is C18H17Cl2HfN. The topological polar surface area (TPSA) is 4.93 Å². The SMILES string of the molecule is C1=CC[C]([Hf][C]2(n3cccc3)C=Cc3ccccc32)=C1.Cl.Cl. The molecule has 1 heterocycles. The molecule has 112 valence electrons. The summed E-state index contributed by atoms with van der Waals surface area (Å²) in [6.45, 7) is 0. The summed E-state index contributed by atoms with van der Waals surface area (Å²) in [7, 11) is 0. The maximum absolute atomic E-state index is 2.44. The smallest absolute Gasteiger partial charge is 0.147 e. The molecule has 0 aliphatic heterocycles. The van der Waals surface area contributed by atoms with Crippen LogP contribution in [0.1, 0.15) is 17.5 Å². The van der Waals surface area contributed by atoms with Crippen LogP contribution in [0.2, 0.25) is 0 Å². The van der Waals surface area contributed by atoms with Crippen LogP contribution in [-0.2, 0) is 26.2 Å². The molecule has 2 aliphatic rings. The van der Waals surface area contributed by atoms with Crippen LogP contribution >= 0.6 is 24.8 Å². The molecule has 0 saturated heterocycles. The van der Waals surface area contributed by atoms with Crippen LogP contribution < -0.4 is 0 Å². The van der Waals surface area contributed by atoms with Crippen molar-refractivity contribution in [3.05, 3.63) is 87.6 Å². The molecule has 4 rings (SSSR count). The van der Waals surface area contributed by atoms with Gasteiger partial charge in [0.2, 0.25) is 0 Å². The summed E-state index contributed by atoms with van der Waals surface area (Å²) in [4.78, 5) is 0. The van der Waals surface area contributed by atoms with E-state index in [1.807, 2.05) is 0 Å². The molecule has 0 fully saturated rings. The molecule has 1 unspecified atom stereocenters. The number of hydrogen-bond donors (Lipinski definition) is 0. The van der Waals surface area contributed by atoms with Crippen LogP contribution in [0.3, 0.4) is 0 Å². The fourth-order valence-corrected chi connectivity index (χ4v) is 9.14. The van der Waals surface area contributed by atoms with Gasteiger partial charge in [-0.25, -0.2) is 0 Å². The second kappa shape index (κ2) is 7.16. The first-order valence-corrected chi connectivity index (χ1v) is 10.5. The normalized spacial score (nSPS) is 20.8. The van der Waals surface area contributed by atoms with E-state index in [2.05, 4.69) is 83.7 Å². The third-order valence-electron chi connectivity index (χ3n) is 4.01. The fourth-order valence-electron chi connectivity index (χ4n) is 3.04. The van der Waals surface area contributed by atoms with Gasteiger partial charge in [-0.2, -0.15) is 0 Å². The average molecular weight is 497 g/mol. The van der Waals surface area contributed by atoms with E-state index in [0.29, 0.717) is 0 Å². The van der Waals surface area contributed by atoms with Gasteiger partial charge >= 0.3 is 131 Å². The number of halogens is 2. The molecule has 0 bridgehead atoms. The number of allylic oxidation sites excluding steroid dienone is 5. The first kappa shape index (κ1) is 17.5. The van der Waals surface area contributed by atoms with Gasteiger partial charge in [0.1, 0.15) is 0 Å². The predicted octanol–water partition coefficient (Wildman–Crippen LogP) is 4.99. The Kier molecular flexibility index (Phi) is 5.70. The summed E-state index contributed by atoms with van der Waals surface area (Å²) in [5, 5.41) is 0. The maximum Gasteiger partial charge on any atom is -0.147 e. The Morgan fingerprint density at radius 3 is 2.50 bits per heavy atom. The molecule has 1 nitrogen and oxygen atoms in total. The van der Waals surface area contributed by atoms with Gasteiger partial charge in [0, 0.05) is 0 Å². The van der Waals surface area contributed by atoms with Crippen LogP contribution in [0.25, 0.3) is 6.08 Å². The van der Waals surface area contributed by atoms with Crippen LogP contribution in [0.5, 0.6) is 0 Å². The Balaban J connectivity index is 0.000000882. The second-order valence-electron chi connectivity index (χ2n) is 5.23. The predicted molar refractivity (Wildman–Crippen MR) is 93.3 cm³/mol.